The number of nitriles is 1. The molecule has 1 fully saturated rings. The lowest BCUT2D eigenvalue weighted by atomic mass is 9.91. The molecule has 1 aliphatic rings. The maximum Gasteiger partial charge on any atom is 0.217 e. The number of hydrogen-bond acceptors (Lipinski definition) is 5. The van der Waals surface area contributed by atoms with Crippen molar-refractivity contribution in [3.8, 4) is 17.5 Å². The van der Waals surface area contributed by atoms with Gasteiger partial charge >= 0.3 is 0 Å². The molecule has 0 aliphatic heterocycles. The van der Waals surface area contributed by atoms with E-state index in [0.717, 1.165) is 42.0 Å². The third kappa shape index (κ3) is 3.74. The fourth-order valence-electron chi connectivity index (χ4n) is 2.83. The summed E-state index contributed by atoms with van der Waals surface area (Å²) in [5, 5.41) is 14.9. The van der Waals surface area contributed by atoms with Crippen LogP contribution < -0.4 is 5.32 Å². The number of furan rings is 1. The first kappa shape index (κ1) is 16.5. The van der Waals surface area contributed by atoms with Gasteiger partial charge in [-0.3, -0.25) is 4.79 Å². The van der Waals surface area contributed by atoms with Crippen molar-refractivity contribution in [3.05, 3.63) is 33.9 Å². The second-order valence-corrected chi connectivity index (χ2v) is 6.72. The maximum absolute atomic E-state index is 11.0. The lowest BCUT2D eigenvalue weighted by Crippen LogP contribution is -2.18. The molecule has 0 bridgehead atoms. The second-order valence-electron chi connectivity index (χ2n) is 5.86. The Kier molecular flexibility index (Phi) is 5.11. The summed E-state index contributed by atoms with van der Waals surface area (Å²) >= 11 is 1.48. The number of rotatable bonds is 4. The summed E-state index contributed by atoms with van der Waals surface area (Å²) in [5.41, 5.74) is 2.69. The number of carbonyl (C=O) groups is 1. The molecule has 6 heteroatoms. The van der Waals surface area contributed by atoms with E-state index in [0.29, 0.717) is 18.1 Å². The Hall–Kier alpha value is -2.39. The van der Waals surface area contributed by atoms with Crippen LogP contribution in [0.5, 0.6) is 0 Å². The average Bonchev–Trinajstić information content (AvgIpc) is 3.24. The minimum absolute atomic E-state index is 0.0957. The predicted octanol–water partition coefficient (Wildman–Crippen LogP) is 4.28. The molecule has 0 radical (unpaired) electrons. The summed E-state index contributed by atoms with van der Waals surface area (Å²) in [6.07, 6.45) is 5.56. The summed E-state index contributed by atoms with van der Waals surface area (Å²) in [7, 11) is 0. The van der Waals surface area contributed by atoms with E-state index in [4.69, 9.17) is 4.42 Å². The van der Waals surface area contributed by atoms with Crippen molar-refractivity contribution in [2.45, 2.75) is 45.6 Å². The number of amides is 1. The summed E-state index contributed by atoms with van der Waals surface area (Å²) in [6.45, 7) is 1.83. The van der Waals surface area contributed by atoms with E-state index in [2.05, 4.69) is 16.4 Å². The lowest BCUT2D eigenvalue weighted by Gasteiger charge is -2.14. The van der Waals surface area contributed by atoms with Gasteiger partial charge in [-0.05, 0) is 43.4 Å². The first-order valence-electron chi connectivity index (χ1n) is 8.09. The Labute approximate surface area is 145 Å². The van der Waals surface area contributed by atoms with Crippen molar-refractivity contribution in [2.24, 2.45) is 0 Å². The van der Waals surface area contributed by atoms with Crippen LogP contribution in [0.4, 0.5) is 0 Å². The Morgan fingerprint density at radius 2 is 2.17 bits per heavy atom. The number of allylic oxidation sites excluding steroid dienone is 2. The van der Waals surface area contributed by atoms with E-state index in [-0.39, 0.29) is 5.91 Å². The van der Waals surface area contributed by atoms with Crippen LogP contribution in [0.3, 0.4) is 0 Å². The summed E-state index contributed by atoms with van der Waals surface area (Å²) < 4.78 is 5.72. The Bertz CT molecular complexity index is 802. The second kappa shape index (κ2) is 7.45. The molecule has 0 aromatic carbocycles. The smallest absolute Gasteiger partial charge is 0.217 e. The monoisotopic (exact) mass is 341 g/mol. The van der Waals surface area contributed by atoms with Crippen LogP contribution in [0.15, 0.2) is 27.5 Å². The van der Waals surface area contributed by atoms with Gasteiger partial charge in [-0.15, -0.1) is 11.3 Å². The van der Waals surface area contributed by atoms with E-state index in [9.17, 15) is 10.1 Å². The number of nitrogens with one attached hydrogen (secondary N) is 1. The number of aromatic nitrogens is 1. The van der Waals surface area contributed by atoms with Gasteiger partial charge in [-0.25, -0.2) is 4.98 Å². The van der Waals surface area contributed by atoms with Crippen LogP contribution >= 0.6 is 11.3 Å². The summed E-state index contributed by atoms with van der Waals surface area (Å²) in [5.74, 6) is 1.24. The zero-order valence-corrected chi connectivity index (χ0v) is 14.4. The molecule has 1 amide bonds. The van der Waals surface area contributed by atoms with E-state index in [1.54, 1.807) is 0 Å². The van der Waals surface area contributed by atoms with Crippen molar-refractivity contribution in [3.63, 3.8) is 0 Å². The Morgan fingerprint density at radius 3 is 2.88 bits per heavy atom. The molecule has 124 valence electrons. The minimum atomic E-state index is -0.0957. The molecule has 0 unspecified atom stereocenters. The highest BCUT2D eigenvalue weighted by Crippen LogP contribution is 2.33. The minimum Gasteiger partial charge on any atom is -0.458 e. The molecular formula is C18H19N3O2S. The fraction of sp³-hybridized carbons (Fsp3) is 0.389. The zero-order valence-electron chi connectivity index (χ0n) is 13.6. The molecule has 1 saturated carbocycles. The molecule has 0 saturated heterocycles. The van der Waals surface area contributed by atoms with Crippen molar-refractivity contribution < 1.29 is 9.21 Å². The number of carbonyl (C=O) groups excluding carboxylic acids is 1. The van der Waals surface area contributed by atoms with Crippen molar-refractivity contribution in [1.29, 1.82) is 5.26 Å². The highest BCUT2D eigenvalue weighted by atomic mass is 32.1. The normalized spacial score (nSPS) is 14.2. The molecule has 2 heterocycles. The van der Waals surface area contributed by atoms with Gasteiger partial charge in [0.1, 0.15) is 22.5 Å². The van der Waals surface area contributed by atoms with E-state index in [1.165, 1.54) is 30.3 Å². The average molecular weight is 341 g/mol. The van der Waals surface area contributed by atoms with Gasteiger partial charge in [0.2, 0.25) is 5.91 Å². The number of hydrogen-bond donors (Lipinski definition) is 1. The summed E-state index contributed by atoms with van der Waals surface area (Å²) in [4.78, 5) is 15.5. The largest absolute Gasteiger partial charge is 0.458 e. The van der Waals surface area contributed by atoms with Crippen LogP contribution in [0.2, 0.25) is 0 Å². The third-order valence-corrected chi connectivity index (χ3v) is 4.93. The molecule has 1 N–H and O–H groups in total. The molecule has 1 aliphatic carbocycles. The van der Waals surface area contributed by atoms with Gasteiger partial charge in [0.15, 0.2) is 5.76 Å². The molecule has 2 aromatic heterocycles. The van der Waals surface area contributed by atoms with Crippen LogP contribution in [-0.2, 0) is 11.3 Å². The first-order valence-corrected chi connectivity index (χ1v) is 8.97. The molecule has 3 rings (SSSR count). The van der Waals surface area contributed by atoms with Crippen LogP contribution in [-0.4, -0.2) is 10.9 Å². The van der Waals surface area contributed by atoms with Gasteiger partial charge in [0.25, 0.3) is 0 Å². The molecule has 0 spiro atoms. The van der Waals surface area contributed by atoms with Crippen LogP contribution in [0.25, 0.3) is 17.0 Å². The molecule has 2 aromatic rings. The lowest BCUT2D eigenvalue weighted by molar-refractivity contribution is -0.119. The molecular weight excluding hydrogens is 322 g/mol. The zero-order chi connectivity index (χ0) is 16.9. The van der Waals surface area contributed by atoms with Crippen molar-refractivity contribution in [1.82, 2.24) is 10.3 Å². The Balaban J connectivity index is 1.80. The maximum atomic E-state index is 11.0. The SMILES string of the molecule is CC(=O)NCc1ccc(-c2csc(C(C#N)=C3CCCCC3)n2)o1. The highest BCUT2D eigenvalue weighted by Gasteiger charge is 2.17. The predicted molar refractivity (Wildman–Crippen MR) is 93.0 cm³/mol. The van der Waals surface area contributed by atoms with Crippen molar-refractivity contribution in [2.75, 3.05) is 0 Å². The number of thiazole rings is 1. The quantitative estimate of drug-likeness (QED) is 0.842. The van der Waals surface area contributed by atoms with Gasteiger partial charge in [-0.1, -0.05) is 6.42 Å². The van der Waals surface area contributed by atoms with Crippen LogP contribution in [0.1, 0.15) is 49.8 Å². The first-order chi connectivity index (χ1) is 11.7. The van der Waals surface area contributed by atoms with E-state index in [1.807, 2.05) is 17.5 Å². The summed E-state index contributed by atoms with van der Waals surface area (Å²) in [6, 6.07) is 6.01. The molecule has 24 heavy (non-hydrogen) atoms. The Morgan fingerprint density at radius 1 is 1.38 bits per heavy atom. The standard InChI is InChI=1S/C18H19N3O2S/c1-12(22)20-10-14-7-8-17(23-14)16-11-24-18(21-16)15(9-19)13-5-3-2-4-6-13/h7-8,11H,2-6,10H2,1H3,(H,20,22). The van der Waals surface area contributed by atoms with E-state index >= 15 is 0 Å². The van der Waals surface area contributed by atoms with Gasteiger partial charge in [-0.2, -0.15) is 5.26 Å². The van der Waals surface area contributed by atoms with Crippen LogP contribution in [0, 0.1) is 11.3 Å². The van der Waals surface area contributed by atoms with Crippen molar-refractivity contribution >= 4 is 22.8 Å². The fourth-order valence-corrected chi connectivity index (χ4v) is 3.68. The third-order valence-electron chi connectivity index (χ3n) is 4.07. The van der Waals surface area contributed by atoms with Gasteiger partial charge in [0, 0.05) is 12.3 Å². The highest BCUT2D eigenvalue weighted by molar-refractivity contribution is 7.11. The van der Waals surface area contributed by atoms with E-state index < -0.39 is 0 Å². The van der Waals surface area contributed by atoms with Gasteiger partial charge < -0.3 is 9.73 Å². The topological polar surface area (TPSA) is 78.9 Å². The number of nitrogens with zero attached hydrogens (tertiary/aromatic N) is 2. The molecule has 5 nitrogen and oxygen atoms in total. The van der Waals surface area contributed by atoms with Gasteiger partial charge in [0.05, 0.1) is 12.1 Å². The molecule has 0 atom stereocenters.